The van der Waals surface area contributed by atoms with Gasteiger partial charge in [-0.3, -0.25) is 4.79 Å². The van der Waals surface area contributed by atoms with E-state index in [1.165, 1.54) is 18.5 Å². The lowest BCUT2D eigenvalue weighted by molar-refractivity contribution is 0.102. The van der Waals surface area contributed by atoms with Gasteiger partial charge in [-0.05, 0) is 63.1 Å². The third kappa shape index (κ3) is 4.01. The second-order valence-electron chi connectivity index (χ2n) is 6.30. The number of carbonyl (C=O) groups is 1. The van der Waals surface area contributed by atoms with Crippen molar-refractivity contribution in [1.29, 1.82) is 0 Å². The van der Waals surface area contributed by atoms with E-state index in [1.807, 2.05) is 38.1 Å². The molecule has 1 fully saturated rings. The van der Waals surface area contributed by atoms with E-state index in [2.05, 4.69) is 25.7 Å². The Labute approximate surface area is 142 Å². The van der Waals surface area contributed by atoms with Crippen molar-refractivity contribution in [2.24, 2.45) is 0 Å². The van der Waals surface area contributed by atoms with E-state index in [0.29, 0.717) is 11.5 Å². The summed E-state index contributed by atoms with van der Waals surface area (Å²) < 4.78 is 0. The molecule has 6 heteroatoms. The van der Waals surface area contributed by atoms with E-state index < -0.39 is 0 Å². The molecule has 1 aromatic carbocycles. The highest BCUT2D eigenvalue weighted by molar-refractivity contribution is 6.02. The maximum absolute atomic E-state index is 12.2. The molecule has 0 bridgehead atoms. The highest BCUT2D eigenvalue weighted by Crippen LogP contribution is 2.22. The van der Waals surface area contributed by atoms with Gasteiger partial charge in [0, 0.05) is 30.5 Å². The Bertz CT molecular complexity index is 676. The standard InChI is InChI=1S/C18H23N5O/c1-13(2)19-17-10-9-16(21-22-17)18(24)20-14-5-7-15(8-6-14)23-11-3-4-12-23/h5-10,13H,3-4,11-12H2,1-2H3,(H,19,22)(H,20,24). The monoisotopic (exact) mass is 325 g/mol. The van der Waals surface area contributed by atoms with Crippen LogP contribution in [0.2, 0.25) is 0 Å². The summed E-state index contributed by atoms with van der Waals surface area (Å²) in [5.74, 6) is 0.407. The van der Waals surface area contributed by atoms with E-state index in [4.69, 9.17) is 0 Å². The zero-order chi connectivity index (χ0) is 16.9. The van der Waals surface area contributed by atoms with Gasteiger partial charge in [-0.15, -0.1) is 10.2 Å². The van der Waals surface area contributed by atoms with Crippen LogP contribution in [-0.4, -0.2) is 35.2 Å². The van der Waals surface area contributed by atoms with E-state index in [1.54, 1.807) is 12.1 Å². The van der Waals surface area contributed by atoms with Crippen LogP contribution >= 0.6 is 0 Å². The molecule has 3 rings (SSSR count). The normalized spacial score (nSPS) is 14.0. The fourth-order valence-corrected chi connectivity index (χ4v) is 2.75. The topological polar surface area (TPSA) is 70.2 Å². The van der Waals surface area contributed by atoms with Crippen molar-refractivity contribution in [3.8, 4) is 0 Å². The van der Waals surface area contributed by atoms with Crippen LogP contribution in [0.5, 0.6) is 0 Å². The van der Waals surface area contributed by atoms with Crippen LogP contribution in [0, 0.1) is 0 Å². The van der Waals surface area contributed by atoms with Gasteiger partial charge in [-0.25, -0.2) is 0 Å². The minimum absolute atomic E-state index is 0.257. The Balaban J connectivity index is 1.61. The van der Waals surface area contributed by atoms with Crippen LogP contribution < -0.4 is 15.5 Å². The molecule has 0 spiro atoms. The maximum Gasteiger partial charge on any atom is 0.276 e. The van der Waals surface area contributed by atoms with Crippen molar-refractivity contribution in [2.45, 2.75) is 32.7 Å². The van der Waals surface area contributed by atoms with Crippen molar-refractivity contribution in [3.05, 3.63) is 42.1 Å². The minimum Gasteiger partial charge on any atom is -0.372 e. The maximum atomic E-state index is 12.2. The van der Waals surface area contributed by atoms with Crippen molar-refractivity contribution >= 4 is 23.1 Å². The van der Waals surface area contributed by atoms with E-state index in [0.717, 1.165) is 18.8 Å². The molecule has 0 atom stereocenters. The van der Waals surface area contributed by atoms with Crippen LogP contribution in [0.25, 0.3) is 0 Å². The summed E-state index contributed by atoms with van der Waals surface area (Å²) in [6.07, 6.45) is 2.50. The molecule has 0 radical (unpaired) electrons. The van der Waals surface area contributed by atoms with Gasteiger partial charge in [0.15, 0.2) is 5.69 Å². The zero-order valence-corrected chi connectivity index (χ0v) is 14.1. The lowest BCUT2D eigenvalue weighted by Crippen LogP contribution is -2.18. The molecular formula is C18H23N5O. The smallest absolute Gasteiger partial charge is 0.276 e. The second kappa shape index (κ2) is 7.29. The molecule has 0 unspecified atom stereocenters. The number of nitrogens with one attached hydrogen (secondary N) is 2. The number of carbonyl (C=O) groups excluding carboxylic acids is 1. The number of aromatic nitrogens is 2. The molecule has 1 saturated heterocycles. The molecular weight excluding hydrogens is 302 g/mol. The minimum atomic E-state index is -0.257. The van der Waals surface area contributed by atoms with Crippen LogP contribution in [0.15, 0.2) is 36.4 Å². The van der Waals surface area contributed by atoms with Crippen LogP contribution in [0.1, 0.15) is 37.2 Å². The predicted octanol–water partition coefficient (Wildman–Crippen LogP) is 3.15. The number of benzene rings is 1. The van der Waals surface area contributed by atoms with Gasteiger partial charge in [0.2, 0.25) is 0 Å². The summed E-state index contributed by atoms with van der Waals surface area (Å²) in [6.45, 7) is 6.26. The van der Waals surface area contributed by atoms with Gasteiger partial charge in [0.05, 0.1) is 0 Å². The molecule has 1 aliphatic heterocycles. The molecule has 0 aliphatic carbocycles. The summed E-state index contributed by atoms with van der Waals surface area (Å²) in [7, 11) is 0. The number of anilines is 3. The molecule has 126 valence electrons. The molecule has 2 aromatic rings. The number of rotatable bonds is 5. The Morgan fingerprint density at radius 2 is 1.75 bits per heavy atom. The summed E-state index contributed by atoms with van der Waals surface area (Å²) in [6, 6.07) is 11.6. The lowest BCUT2D eigenvalue weighted by Gasteiger charge is -2.17. The third-order valence-corrected chi connectivity index (χ3v) is 3.93. The first-order valence-electron chi connectivity index (χ1n) is 8.38. The summed E-state index contributed by atoms with van der Waals surface area (Å²) in [5.41, 5.74) is 2.26. The van der Waals surface area contributed by atoms with Gasteiger partial charge in [0.1, 0.15) is 5.82 Å². The number of hydrogen-bond donors (Lipinski definition) is 2. The largest absolute Gasteiger partial charge is 0.372 e. The van der Waals surface area contributed by atoms with Crippen molar-refractivity contribution in [3.63, 3.8) is 0 Å². The molecule has 6 nitrogen and oxygen atoms in total. The molecule has 2 N–H and O–H groups in total. The highest BCUT2D eigenvalue weighted by Gasteiger charge is 2.13. The second-order valence-corrected chi connectivity index (χ2v) is 6.30. The molecule has 1 amide bonds. The van der Waals surface area contributed by atoms with Gasteiger partial charge in [0.25, 0.3) is 5.91 Å². The van der Waals surface area contributed by atoms with Gasteiger partial charge < -0.3 is 15.5 Å². The van der Waals surface area contributed by atoms with Crippen LogP contribution in [0.4, 0.5) is 17.2 Å². The average molecular weight is 325 g/mol. The van der Waals surface area contributed by atoms with Crippen molar-refractivity contribution in [2.75, 3.05) is 28.6 Å². The van der Waals surface area contributed by atoms with E-state index >= 15 is 0 Å². The first-order chi connectivity index (χ1) is 11.6. The average Bonchev–Trinajstić information content (AvgIpc) is 3.10. The Morgan fingerprint density at radius 1 is 1.04 bits per heavy atom. The van der Waals surface area contributed by atoms with Gasteiger partial charge in [-0.1, -0.05) is 0 Å². The SMILES string of the molecule is CC(C)Nc1ccc(C(=O)Nc2ccc(N3CCCC3)cc2)nn1. The number of amides is 1. The van der Waals surface area contributed by atoms with Crippen molar-refractivity contribution < 1.29 is 4.79 Å². The van der Waals surface area contributed by atoms with Crippen LogP contribution in [-0.2, 0) is 0 Å². The number of hydrogen-bond acceptors (Lipinski definition) is 5. The molecule has 1 aromatic heterocycles. The number of nitrogens with zero attached hydrogens (tertiary/aromatic N) is 3. The first kappa shape index (κ1) is 16.2. The van der Waals surface area contributed by atoms with Crippen molar-refractivity contribution in [1.82, 2.24) is 10.2 Å². The Kier molecular flexibility index (Phi) is 4.93. The summed E-state index contributed by atoms with van der Waals surface area (Å²) >= 11 is 0. The Hall–Kier alpha value is -2.63. The fraction of sp³-hybridized carbons (Fsp3) is 0.389. The summed E-state index contributed by atoms with van der Waals surface area (Å²) in [5, 5.41) is 14.0. The Morgan fingerprint density at radius 3 is 2.33 bits per heavy atom. The third-order valence-electron chi connectivity index (χ3n) is 3.93. The van der Waals surface area contributed by atoms with E-state index in [-0.39, 0.29) is 11.9 Å². The lowest BCUT2D eigenvalue weighted by atomic mass is 10.2. The fourth-order valence-electron chi connectivity index (χ4n) is 2.75. The predicted molar refractivity (Wildman–Crippen MR) is 96.6 cm³/mol. The van der Waals surface area contributed by atoms with Gasteiger partial charge >= 0.3 is 0 Å². The first-order valence-corrected chi connectivity index (χ1v) is 8.38. The molecule has 2 heterocycles. The van der Waals surface area contributed by atoms with Gasteiger partial charge in [-0.2, -0.15) is 0 Å². The van der Waals surface area contributed by atoms with Crippen LogP contribution in [0.3, 0.4) is 0 Å². The van der Waals surface area contributed by atoms with E-state index in [9.17, 15) is 4.79 Å². The quantitative estimate of drug-likeness (QED) is 0.884. The summed E-state index contributed by atoms with van der Waals surface area (Å²) in [4.78, 5) is 14.6. The zero-order valence-electron chi connectivity index (χ0n) is 14.1. The highest BCUT2D eigenvalue weighted by atomic mass is 16.1. The molecule has 1 aliphatic rings. The molecule has 0 saturated carbocycles. The molecule has 24 heavy (non-hydrogen) atoms.